The molecule has 1 fully saturated rings. The van der Waals surface area contributed by atoms with E-state index in [2.05, 4.69) is 0 Å². The minimum absolute atomic E-state index is 0.0226. The zero-order valence-corrected chi connectivity index (χ0v) is 18.1. The Bertz CT molecular complexity index is 979. The van der Waals surface area contributed by atoms with Gasteiger partial charge in [-0.25, -0.2) is 12.8 Å². The fraction of sp³-hybridized carbons (Fsp3) is 0.409. The Morgan fingerprint density at radius 3 is 2.53 bits per heavy atom. The van der Waals surface area contributed by atoms with Gasteiger partial charge in [0.15, 0.2) is 11.6 Å². The van der Waals surface area contributed by atoms with E-state index < -0.39 is 15.8 Å². The first-order valence-electron chi connectivity index (χ1n) is 10.1. The molecular weight excluding hydrogens is 407 g/mol. The molecule has 2 aromatic carbocycles. The van der Waals surface area contributed by atoms with Crippen LogP contribution >= 0.6 is 0 Å². The monoisotopic (exact) mass is 434 g/mol. The molecule has 0 radical (unpaired) electrons. The van der Waals surface area contributed by atoms with Gasteiger partial charge < -0.3 is 9.64 Å². The average molecular weight is 435 g/mol. The van der Waals surface area contributed by atoms with Gasteiger partial charge in [-0.15, -0.1) is 0 Å². The summed E-state index contributed by atoms with van der Waals surface area (Å²) in [4.78, 5) is 14.3. The highest BCUT2D eigenvalue weighted by molar-refractivity contribution is 7.89. The molecule has 6 nitrogen and oxygen atoms in total. The maximum absolute atomic E-state index is 13.6. The van der Waals surface area contributed by atoms with Gasteiger partial charge in [0.05, 0.1) is 11.4 Å². The molecule has 2 aromatic rings. The van der Waals surface area contributed by atoms with Gasteiger partial charge in [-0.3, -0.25) is 4.79 Å². The van der Waals surface area contributed by atoms with Gasteiger partial charge in [0.1, 0.15) is 6.61 Å². The highest BCUT2D eigenvalue weighted by atomic mass is 32.2. The van der Waals surface area contributed by atoms with Crippen molar-refractivity contribution in [1.82, 2.24) is 9.21 Å². The van der Waals surface area contributed by atoms with Gasteiger partial charge in [0.2, 0.25) is 10.0 Å². The van der Waals surface area contributed by atoms with Crippen LogP contribution in [0.5, 0.6) is 5.75 Å². The zero-order chi connectivity index (χ0) is 21.7. The second-order valence-electron chi connectivity index (χ2n) is 7.49. The van der Waals surface area contributed by atoms with E-state index in [1.165, 1.54) is 41.3 Å². The molecule has 1 heterocycles. The minimum atomic E-state index is -3.57. The first kappa shape index (κ1) is 22.2. The molecule has 30 heavy (non-hydrogen) atoms. The standard InChI is InChI=1S/C22H27FN2O4S/c1-17-7-5-6-14-25(17)30(27,28)19-12-10-18(11-13-19)22(26)24(2)15-16-29-21-9-4-3-8-20(21)23/h3-4,8-13,17H,5-7,14-16H2,1-2H3. The fourth-order valence-corrected chi connectivity index (χ4v) is 5.21. The van der Waals surface area contributed by atoms with E-state index in [0.717, 1.165) is 19.3 Å². The number of para-hydroxylation sites is 1. The summed E-state index contributed by atoms with van der Waals surface area (Å²) >= 11 is 0. The Kier molecular flexibility index (Phi) is 7.10. The van der Waals surface area contributed by atoms with Crippen molar-refractivity contribution in [3.63, 3.8) is 0 Å². The van der Waals surface area contributed by atoms with Crippen LogP contribution in [0.15, 0.2) is 53.4 Å². The predicted octanol–water partition coefficient (Wildman–Crippen LogP) is 3.54. The van der Waals surface area contributed by atoms with Crippen LogP contribution < -0.4 is 4.74 Å². The predicted molar refractivity (Wildman–Crippen MR) is 113 cm³/mol. The van der Waals surface area contributed by atoms with E-state index in [1.54, 1.807) is 23.5 Å². The number of hydrogen-bond donors (Lipinski definition) is 0. The Morgan fingerprint density at radius 1 is 1.17 bits per heavy atom. The molecule has 1 unspecified atom stereocenters. The Labute approximate surface area is 177 Å². The summed E-state index contributed by atoms with van der Waals surface area (Å²) in [6.07, 6.45) is 2.75. The average Bonchev–Trinajstić information content (AvgIpc) is 2.74. The molecule has 162 valence electrons. The van der Waals surface area contributed by atoms with E-state index in [-0.39, 0.29) is 35.7 Å². The number of halogens is 1. The largest absolute Gasteiger partial charge is 0.489 e. The highest BCUT2D eigenvalue weighted by Crippen LogP contribution is 2.25. The van der Waals surface area contributed by atoms with Crippen molar-refractivity contribution in [2.75, 3.05) is 26.7 Å². The lowest BCUT2D eigenvalue weighted by atomic mass is 10.1. The Morgan fingerprint density at radius 2 is 1.87 bits per heavy atom. The van der Waals surface area contributed by atoms with Crippen LogP contribution in [0, 0.1) is 5.82 Å². The van der Waals surface area contributed by atoms with Gasteiger partial charge in [0, 0.05) is 25.2 Å². The van der Waals surface area contributed by atoms with Gasteiger partial charge in [-0.2, -0.15) is 4.31 Å². The molecule has 0 bridgehead atoms. The van der Waals surface area contributed by atoms with Crippen molar-refractivity contribution in [3.8, 4) is 5.75 Å². The molecule has 0 saturated carbocycles. The summed E-state index contributed by atoms with van der Waals surface area (Å²) in [7, 11) is -1.95. The Balaban J connectivity index is 1.61. The molecule has 3 rings (SSSR count). The van der Waals surface area contributed by atoms with Crippen molar-refractivity contribution in [3.05, 3.63) is 59.9 Å². The number of likely N-dealkylation sites (N-methyl/N-ethyl adjacent to an activating group) is 1. The summed E-state index contributed by atoms with van der Waals surface area (Å²) in [5.41, 5.74) is 0.383. The second-order valence-corrected chi connectivity index (χ2v) is 9.38. The summed E-state index contributed by atoms with van der Waals surface area (Å²) in [6.45, 7) is 2.85. The molecule has 1 amide bonds. The number of piperidine rings is 1. The highest BCUT2D eigenvalue weighted by Gasteiger charge is 2.31. The molecule has 0 spiro atoms. The number of rotatable bonds is 7. The lowest BCUT2D eigenvalue weighted by Gasteiger charge is -2.32. The molecule has 1 atom stereocenters. The van der Waals surface area contributed by atoms with E-state index >= 15 is 0 Å². The van der Waals surface area contributed by atoms with Crippen molar-refractivity contribution in [1.29, 1.82) is 0 Å². The third kappa shape index (κ3) is 4.99. The van der Waals surface area contributed by atoms with E-state index in [0.29, 0.717) is 12.1 Å². The number of carbonyl (C=O) groups is 1. The van der Waals surface area contributed by atoms with Crippen LogP contribution in [0.3, 0.4) is 0 Å². The fourth-order valence-electron chi connectivity index (χ4n) is 3.51. The normalized spacial score (nSPS) is 17.5. The van der Waals surface area contributed by atoms with Crippen molar-refractivity contribution in [2.45, 2.75) is 37.1 Å². The number of amides is 1. The van der Waals surface area contributed by atoms with Gasteiger partial charge >= 0.3 is 0 Å². The first-order valence-corrected chi connectivity index (χ1v) is 11.5. The maximum atomic E-state index is 13.6. The number of hydrogen-bond acceptors (Lipinski definition) is 4. The number of ether oxygens (including phenoxy) is 1. The van der Waals surface area contributed by atoms with Crippen molar-refractivity contribution < 1.29 is 22.3 Å². The van der Waals surface area contributed by atoms with E-state index in [4.69, 9.17) is 4.74 Å². The van der Waals surface area contributed by atoms with Crippen LogP contribution in [0.25, 0.3) is 0 Å². The number of nitrogens with zero attached hydrogens (tertiary/aromatic N) is 2. The van der Waals surface area contributed by atoms with E-state index in [1.807, 2.05) is 6.92 Å². The number of sulfonamides is 1. The number of benzene rings is 2. The molecule has 0 aliphatic carbocycles. The third-order valence-electron chi connectivity index (χ3n) is 5.32. The molecule has 1 aliphatic rings. The zero-order valence-electron chi connectivity index (χ0n) is 17.3. The molecule has 1 saturated heterocycles. The summed E-state index contributed by atoms with van der Waals surface area (Å²) in [6, 6.07) is 12.1. The SMILES string of the molecule is CC1CCCCN1S(=O)(=O)c1ccc(C(=O)N(C)CCOc2ccccc2F)cc1. The first-order chi connectivity index (χ1) is 14.3. The molecule has 0 aromatic heterocycles. The summed E-state index contributed by atoms with van der Waals surface area (Å²) in [5.74, 6) is -0.575. The lowest BCUT2D eigenvalue weighted by molar-refractivity contribution is 0.0773. The van der Waals surface area contributed by atoms with Crippen LogP contribution in [0.1, 0.15) is 36.5 Å². The van der Waals surface area contributed by atoms with Crippen LogP contribution in [0.4, 0.5) is 4.39 Å². The molecular formula is C22H27FN2O4S. The van der Waals surface area contributed by atoms with Gasteiger partial charge in [-0.1, -0.05) is 18.6 Å². The van der Waals surface area contributed by atoms with Crippen molar-refractivity contribution >= 4 is 15.9 Å². The van der Waals surface area contributed by atoms with Crippen LogP contribution in [0.2, 0.25) is 0 Å². The molecule has 1 aliphatic heterocycles. The topological polar surface area (TPSA) is 66.9 Å². The summed E-state index contributed by atoms with van der Waals surface area (Å²) in [5, 5.41) is 0. The second kappa shape index (κ2) is 9.57. The van der Waals surface area contributed by atoms with Gasteiger partial charge in [-0.05, 0) is 56.2 Å². The third-order valence-corrected chi connectivity index (χ3v) is 7.35. The Hall–Kier alpha value is -2.45. The quantitative estimate of drug-likeness (QED) is 0.669. The van der Waals surface area contributed by atoms with Gasteiger partial charge in [0.25, 0.3) is 5.91 Å². The molecule has 0 N–H and O–H groups in total. The van der Waals surface area contributed by atoms with Crippen LogP contribution in [-0.4, -0.2) is 56.3 Å². The van der Waals surface area contributed by atoms with Crippen molar-refractivity contribution in [2.24, 2.45) is 0 Å². The van der Waals surface area contributed by atoms with E-state index in [9.17, 15) is 17.6 Å². The maximum Gasteiger partial charge on any atom is 0.253 e. The smallest absolute Gasteiger partial charge is 0.253 e. The number of carbonyl (C=O) groups excluding carboxylic acids is 1. The summed E-state index contributed by atoms with van der Waals surface area (Å²) < 4.78 is 46.3. The molecule has 8 heteroatoms. The minimum Gasteiger partial charge on any atom is -0.489 e. The lowest BCUT2D eigenvalue weighted by Crippen LogP contribution is -2.41. The van der Waals surface area contributed by atoms with Crippen LogP contribution in [-0.2, 0) is 10.0 Å².